The van der Waals surface area contributed by atoms with Crippen molar-refractivity contribution in [3.05, 3.63) is 65.2 Å². The molecule has 2 aromatic carbocycles. The number of rotatable bonds is 1. The summed E-state index contributed by atoms with van der Waals surface area (Å²) in [7, 11) is 0. The van der Waals surface area contributed by atoms with Crippen molar-refractivity contribution in [3.8, 4) is 0 Å². The fraction of sp³-hybridized carbons (Fsp3) is 0.200. The highest BCUT2D eigenvalue weighted by atomic mass is 35.5. The zero-order chi connectivity index (χ0) is 12.7. The predicted octanol–water partition coefficient (Wildman–Crippen LogP) is 4.73. The highest BCUT2D eigenvalue weighted by molar-refractivity contribution is 6.30. The first kappa shape index (κ1) is 13.6. The molecule has 2 rings (SSSR count). The van der Waals surface area contributed by atoms with Crippen LogP contribution in [0.5, 0.6) is 0 Å². The van der Waals surface area contributed by atoms with Gasteiger partial charge in [0.15, 0.2) is 0 Å². The van der Waals surface area contributed by atoms with Crippen LogP contribution in [0.25, 0.3) is 0 Å². The third-order valence-electron chi connectivity index (χ3n) is 2.34. The minimum Gasteiger partial charge on any atom is -0.399 e. The highest BCUT2D eigenvalue weighted by Crippen LogP contribution is 2.16. The Labute approximate surface area is 108 Å². The average molecular weight is 248 g/mol. The van der Waals surface area contributed by atoms with Gasteiger partial charge in [-0.2, -0.15) is 0 Å². The largest absolute Gasteiger partial charge is 0.399 e. The minimum absolute atomic E-state index is 0.595. The van der Waals surface area contributed by atoms with E-state index < -0.39 is 0 Å². The number of nitrogens with two attached hydrogens (primary N) is 1. The maximum absolute atomic E-state index is 5.72. The SMILES string of the molecule is CC(C)c1ccc(Cl)cc1.Nc1ccccc1. The maximum atomic E-state index is 5.72. The fourth-order valence-electron chi connectivity index (χ4n) is 1.30. The third-order valence-corrected chi connectivity index (χ3v) is 2.59. The van der Waals surface area contributed by atoms with Crippen LogP contribution >= 0.6 is 11.6 Å². The average Bonchev–Trinajstić information content (AvgIpc) is 2.31. The number of anilines is 1. The summed E-state index contributed by atoms with van der Waals surface area (Å²) in [6.45, 7) is 4.34. The molecule has 2 heteroatoms. The van der Waals surface area contributed by atoms with Crippen LogP contribution in [0.2, 0.25) is 5.02 Å². The summed E-state index contributed by atoms with van der Waals surface area (Å²) in [6.07, 6.45) is 0. The topological polar surface area (TPSA) is 26.0 Å². The molecule has 0 radical (unpaired) electrons. The summed E-state index contributed by atoms with van der Waals surface area (Å²) in [5, 5.41) is 0.810. The molecular formula is C15H18ClN. The Bertz CT molecular complexity index is 420. The van der Waals surface area contributed by atoms with E-state index in [1.54, 1.807) is 0 Å². The Morgan fingerprint density at radius 2 is 1.41 bits per heavy atom. The second kappa shape index (κ2) is 6.97. The molecule has 0 bridgehead atoms. The number of para-hydroxylation sites is 1. The van der Waals surface area contributed by atoms with E-state index >= 15 is 0 Å². The molecule has 0 atom stereocenters. The van der Waals surface area contributed by atoms with Gasteiger partial charge in [-0.05, 0) is 35.7 Å². The van der Waals surface area contributed by atoms with Gasteiger partial charge in [-0.15, -0.1) is 0 Å². The Kier molecular flexibility index (Phi) is 5.58. The van der Waals surface area contributed by atoms with E-state index in [-0.39, 0.29) is 0 Å². The monoisotopic (exact) mass is 247 g/mol. The lowest BCUT2D eigenvalue weighted by Crippen LogP contribution is -1.84. The predicted molar refractivity (Wildman–Crippen MR) is 76.4 cm³/mol. The molecule has 0 saturated carbocycles. The first-order chi connectivity index (χ1) is 8.09. The van der Waals surface area contributed by atoms with Gasteiger partial charge < -0.3 is 5.73 Å². The molecule has 0 amide bonds. The van der Waals surface area contributed by atoms with E-state index in [0.717, 1.165) is 10.7 Å². The lowest BCUT2D eigenvalue weighted by Gasteiger charge is -2.03. The van der Waals surface area contributed by atoms with Gasteiger partial charge >= 0.3 is 0 Å². The zero-order valence-corrected chi connectivity index (χ0v) is 11.0. The van der Waals surface area contributed by atoms with Crippen LogP contribution in [0.1, 0.15) is 25.3 Å². The van der Waals surface area contributed by atoms with Gasteiger partial charge in [0, 0.05) is 10.7 Å². The Morgan fingerprint density at radius 1 is 0.882 bits per heavy atom. The van der Waals surface area contributed by atoms with Crippen LogP contribution < -0.4 is 5.73 Å². The van der Waals surface area contributed by atoms with Crippen molar-refractivity contribution < 1.29 is 0 Å². The lowest BCUT2D eigenvalue weighted by molar-refractivity contribution is 0.867. The first-order valence-corrected chi connectivity index (χ1v) is 6.03. The molecule has 90 valence electrons. The summed E-state index contributed by atoms with van der Waals surface area (Å²) in [6, 6.07) is 17.5. The second-order valence-corrected chi connectivity index (χ2v) is 4.55. The van der Waals surface area contributed by atoms with Crippen LogP contribution in [-0.2, 0) is 0 Å². The van der Waals surface area contributed by atoms with Crippen molar-refractivity contribution in [1.29, 1.82) is 0 Å². The number of benzene rings is 2. The first-order valence-electron chi connectivity index (χ1n) is 5.65. The van der Waals surface area contributed by atoms with Crippen molar-refractivity contribution in [2.45, 2.75) is 19.8 Å². The van der Waals surface area contributed by atoms with Crippen LogP contribution in [0.3, 0.4) is 0 Å². The molecule has 0 aromatic heterocycles. The van der Waals surface area contributed by atoms with E-state index in [9.17, 15) is 0 Å². The van der Waals surface area contributed by atoms with Crippen LogP contribution in [0.15, 0.2) is 54.6 Å². The molecule has 2 N–H and O–H groups in total. The second-order valence-electron chi connectivity index (χ2n) is 4.12. The van der Waals surface area contributed by atoms with Crippen molar-refractivity contribution in [1.82, 2.24) is 0 Å². The maximum Gasteiger partial charge on any atom is 0.0406 e. The van der Waals surface area contributed by atoms with Gasteiger partial charge in [-0.3, -0.25) is 0 Å². The molecule has 0 aliphatic heterocycles. The summed E-state index contributed by atoms with van der Waals surface area (Å²) >= 11 is 5.72. The van der Waals surface area contributed by atoms with Gasteiger partial charge in [-0.1, -0.05) is 55.8 Å². The van der Waals surface area contributed by atoms with Gasteiger partial charge in [-0.25, -0.2) is 0 Å². The normalized spacial score (nSPS) is 9.65. The standard InChI is InChI=1S/C9H11Cl.C6H7N/c1-7(2)8-3-5-9(10)6-4-8;7-6-4-2-1-3-5-6/h3-7H,1-2H3;1-5H,7H2. The zero-order valence-electron chi connectivity index (χ0n) is 10.2. The number of halogens is 1. The van der Waals surface area contributed by atoms with Crippen molar-refractivity contribution in [2.24, 2.45) is 0 Å². The van der Waals surface area contributed by atoms with Gasteiger partial charge in [0.2, 0.25) is 0 Å². The van der Waals surface area contributed by atoms with Crippen molar-refractivity contribution >= 4 is 17.3 Å². The smallest absolute Gasteiger partial charge is 0.0406 e. The molecule has 0 heterocycles. The molecular weight excluding hydrogens is 230 g/mol. The van der Waals surface area contributed by atoms with Crippen LogP contribution in [-0.4, -0.2) is 0 Å². The highest BCUT2D eigenvalue weighted by Gasteiger charge is 1.96. The minimum atomic E-state index is 0.595. The molecule has 1 nitrogen and oxygen atoms in total. The number of hydrogen-bond acceptors (Lipinski definition) is 1. The Morgan fingerprint density at radius 3 is 1.76 bits per heavy atom. The van der Waals surface area contributed by atoms with E-state index in [0.29, 0.717) is 5.92 Å². The van der Waals surface area contributed by atoms with Crippen LogP contribution in [0.4, 0.5) is 5.69 Å². The molecule has 0 fully saturated rings. The van der Waals surface area contributed by atoms with E-state index in [2.05, 4.69) is 26.0 Å². The van der Waals surface area contributed by atoms with Gasteiger partial charge in [0.25, 0.3) is 0 Å². The van der Waals surface area contributed by atoms with Gasteiger partial charge in [0.1, 0.15) is 0 Å². The van der Waals surface area contributed by atoms with E-state index in [1.807, 2.05) is 42.5 Å². The lowest BCUT2D eigenvalue weighted by atomic mass is 10.0. The van der Waals surface area contributed by atoms with E-state index in [4.69, 9.17) is 17.3 Å². The Hall–Kier alpha value is -1.47. The Balaban J connectivity index is 0.000000181. The summed E-state index contributed by atoms with van der Waals surface area (Å²) in [5.41, 5.74) is 7.52. The number of hydrogen-bond donors (Lipinski definition) is 1. The quantitative estimate of drug-likeness (QED) is 0.725. The van der Waals surface area contributed by atoms with Crippen molar-refractivity contribution in [3.63, 3.8) is 0 Å². The summed E-state index contributed by atoms with van der Waals surface area (Å²) in [5.74, 6) is 0.595. The van der Waals surface area contributed by atoms with Gasteiger partial charge in [0.05, 0.1) is 0 Å². The molecule has 0 unspecified atom stereocenters. The van der Waals surface area contributed by atoms with E-state index in [1.165, 1.54) is 5.56 Å². The number of nitrogen functional groups attached to an aromatic ring is 1. The molecule has 0 aliphatic carbocycles. The molecule has 0 aliphatic rings. The molecule has 17 heavy (non-hydrogen) atoms. The fourth-order valence-corrected chi connectivity index (χ4v) is 1.43. The summed E-state index contributed by atoms with van der Waals surface area (Å²) in [4.78, 5) is 0. The van der Waals surface area contributed by atoms with Crippen molar-refractivity contribution in [2.75, 3.05) is 5.73 Å². The molecule has 0 saturated heterocycles. The molecule has 0 spiro atoms. The van der Waals surface area contributed by atoms with Crippen LogP contribution in [0, 0.1) is 0 Å². The third kappa shape index (κ3) is 5.41. The molecule has 2 aromatic rings. The summed E-state index contributed by atoms with van der Waals surface area (Å²) < 4.78 is 0.